The van der Waals surface area contributed by atoms with Gasteiger partial charge >= 0.3 is 6.09 Å². The van der Waals surface area contributed by atoms with Crippen molar-refractivity contribution in [2.45, 2.75) is 64.6 Å². The summed E-state index contributed by atoms with van der Waals surface area (Å²) in [5.41, 5.74) is 0.145. The maximum Gasteiger partial charge on any atom is 0.407 e. The van der Waals surface area contributed by atoms with Gasteiger partial charge in [0, 0.05) is 44.6 Å². The number of nitro benzene ring substituents is 1. The van der Waals surface area contributed by atoms with Crippen LogP contribution in [0.15, 0.2) is 18.2 Å². The number of ether oxygens (including phenoxy) is 1. The minimum absolute atomic E-state index is 0.00751. The van der Waals surface area contributed by atoms with Gasteiger partial charge in [-0.2, -0.15) is 0 Å². The van der Waals surface area contributed by atoms with E-state index in [1.165, 1.54) is 12.1 Å². The lowest BCUT2D eigenvalue weighted by molar-refractivity contribution is -0.384. The molecule has 3 N–H and O–H groups in total. The van der Waals surface area contributed by atoms with Gasteiger partial charge in [0.05, 0.1) is 4.92 Å². The molecular formula is C21H32N4O5. The molecule has 2 rings (SSSR count). The summed E-state index contributed by atoms with van der Waals surface area (Å²) in [4.78, 5) is 35.7. The summed E-state index contributed by atoms with van der Waals surface area (Å²) in [6.07, 6.45) is 0.236. The number of nitrogens with zero attached hydrogens (tertiary/aromatic N) is 1. The third-order valence-electron chi connectivity index (χ3n) is 5.21. The number of non-ortho nitro benzene ring substituents is 1. The molecule has 0 fully saturated rings. The highest BCUT2D eigenvalue weighted by Gasteiger charge is 2.44. The highest BCUT2D eigenvalue weighted by molar-refractivity contribution is 5.88. The molecule has 30 heavy (non-hydrogen) atoms. The van der Waals surface area contributed by atoms with Gasteiger partial charge in [-0.3, -0.25) is 14.9 Å². The molecule has 0 bridgehead atoms. The Kier molecular flexibility index (Phi) is 7.07. The molecule has 9 nitrogen and oxygen atoms in total. The van der Waals surface area contributed by atoms with Crippen LogP contribution in [0.2, 0.25) is 0 Å². The van der Waals surface area contributed by atoms with Crippen molar-refractivity contribution in [2.24, 2.45) is 5.92 Å². The largest absolute Gasteiger partial charge is 0.444 e. The lowest BCUT2D eigenvalue weighted by Crippen LogP contribution is -2.60. The fourth-order valence-corrected chi connectivity index (χ4v) is 3.60. The van der Waals surface area contributed by atoms with Crippen LogP contribution in [0.3, 0.4) is 0 Å². The average Bonchev–Trinajstić information content (AvgIpc) is 3.01. The zero-order valence-corrected chi connectivity index (χ0v) is 18.5. The number of hydrogen-bond donors (Lipinski definition) is 3. The molecule has 166 valence electrons. The number of benzene rings is 1. The molecule has 1 aliphatic rings. The summed E-state index contributed by atoms with van der Waals surface area (Å²) in [5.74, 6) is -0.0993. The summed E-state index contributed by atoms with van der Waals surface area (Å²) in [6.45, 7) is 9.69. The molecule has 0 heterocycles. The first-order valence-corrected chi connectivity index (χ1v) is 10.1. The Morgan fingerprint density at radius 1 is 1.23 bits per heavy atom. The molecule has 9 heteroatoms. The monoisotopic (exact) mass is 420 g/mol. The van der Waals surface area contributed by atoms with Gasteiger partial charge in [-0.05, 0) is 37.8 Å². The Hall–Kier alpha value is -2.68. The van der Waals surface area contributed by atoms with Crippen molar-refractivity contribution in [3.05, 3.63) is 39.4 Å². The maximum atomic E-state index is 12.8. The normalized spacial score (nSPS) is 19.2. The van der Waals surface area contributed by atoms with Crippen molar-refractivity contribution in [1.82, 2.24) is 16.0 Å². The Bertz CT molecular complexity index is 818. The predicted molar refractivity (Wildman–Crippen MR) is 113 cm³/mol. The minimum Gasteiger partial charge on any atom is -0.444 e. The van der Waals surface area contributed by atoms with E-state index < -0.39 is 22.2 Å². The molecule has 1 aromatic rings. The molecule has 2 atom stereocenters. The van der Waals surface area contributed by atoms with E-state index in [1.807, 2.05) is 13.8 Å². The van der Waals surface area contributed by atoms with Crippen LogP contribution in [0.5, 0.6) is 0 Å². The van der Waals surface area contributed by atoms with Crippen molar-refractivity contribution < 1.29 is 19.2 Å². The summed E-state index contributed by atoms with van der Waals surface area (Å²) < 4.78 is 5.35. The van der Waals surface area contributed by atoms with E-state index in [4.69, 9.17) is 4.74 Å². The quantitative estimate of drug-likeness (QED) is 0.460. The standard InChI is InChI=1S/C21H32N4O5/c1-13(2)17(24-19(27)30-20(3,4)5)12-23-21(18(26)22-6)10-14-7-8-16(25(28)29)9-15(14)11-21/h7-9,13,17,23H,10-12H2,1-6H3,(H,22,26)(H,24,27)/t17-,21?/m0/s1. The molecule has 0 aliphatic heterocycles. The van der Waals surface area contributed by atoms with Gasteiger partial charge in [0.1, 0.15) is 11.1 Å². The Morgan fingerprint density at radius 3 is 2.40 bits per heavy atom. The van der Waals surface area contributed by atoms with Crippen LogP contribution in [0.25, 0.3) is 0 Å². The number of carbonyl (C=O) groups is 2. The third kappa shape index (κ3) is 5.69. The Balaban J connectivity index is 2.17. The molecule has 0 aromatic heterocycles. The number of carbonyl (C=O) groups excluding carboxylic acids is 2. The van der Waals surface area contributed by atoms with Gasteiger partial charge in [0.25, 0.3) is 5.69 Å². The summed E-state index contributed by atoms with van der Waals surface area (Å²) in [5, 5.41) is 20.0. The lowest BCUT2D eigenvalue weighted by Gasteiger charge is -2.32. The van der Waals surface area contributed by atoms with Crippen LogP contribution < -0.4 is 16.0 Å². The second kappa shape index (κ2) is 8.99. The molecule has 1 unspecified atom stereocenters. The SMILES string of the molecule is CNC(=O)C1(NC[C@H](NC(=O)OC(C)(C)C)C(C)C)Cc2ccc([N+](=O)[O-])cc2C1. The molecule has 1 aromatic carbocycles. The molecule has 0 radical (unpaired) electrons. The zero-order valence-electron chi connectivity index (χ0n) is 18.5. The van der Waals surface area contributed by atoms with E-state index in [0.29, 0.717) is 19.4 Å². The van der Waals surface area contributed by atoms with Crippen LogP contribution >= 0.6 is 0 Å². The molecular weight excluding hydrogens is 388 g/mol. The molecule has 1 aliphatic carbocycles. The van der Waals surface area contributed by atoms with Crippen LogP contribution in [-0.2, 0) is 22.4 Å². The van der Waals surface area contributed by atoms with E-state index >= 15 is 0 Å². The summed E-state index contributed by atoms with van der Waals surface area (Å²) >= 11 is 0. The number of fused-ring (bicyclic) bond motifs is 1. The number of alkyl carbamates (subject to hydrolysis) is 1. The molecule has 0 saturated carbocycles. The fraction of sp³-hybridized carbons (Fsp3) is 0.619. The highest BCUT2D eigenvalue weighted by Crippen LogP contribution is 2.33. The molecule has 2 amide bonds. The smallest absolute Gasteiger partial charge is 0.407 e. The van der Waals surface area contributed by atoms with Gasteiger partial charge in [-0.15, -0.1) is 0 Å². The number of nitro groups is 1. The number of likely N-dealkylation sites (N-methyl/N-ethyl adjacent to an activating group) is 1. The van der Waals surface area contributed by atoms with E-state index in [-0.39, 0.29) is 23.6 Å². The van der Waals surface area contributed by atoms with Gasteiger partial charge in [0.15, 0.2) is 0 Å². The first kappa shape index (κ1) is 23.6. The fourth-order valence-electron chi connectivity index (χ4n) is 3.60. The van der Waals surface area contributed by atoms with Crippen LogP contribution in [0, 0.1) is 16.0 Å². The second-order valence-corrected chi connectivity index (χ2v) is 9.10. The molecule has 0 spiro atoms. The second-order valence-electron chi connectivity index (χ2n) is 9.10. The van der Waals surface area contributed by atoms with Crippen molar-refractivity contribution in [2.75, 3.05) is 13.6 Å². The van der Waals surface area contributed by atoms with E-state index in [2.05, 4.69) is 16.0 Å². The summed E-state index contributed by atoms with van der Waals surface area (Å²) in [7, 11) is 1.57. The zero-order chi connectivity index (χ0) is 22.7. The number of amides is 2. The summed E-state index contributed by atoms with van der Waals surface area (Å²) in [6, 6.07) is 4.43. The van der Waals surface area contributed by atoms with Gasteiger partial charge < -0.3 is 20.7 Å². The topological polar surface area (TPSA) is 123 Å². The van der Waals surface area contributed by atoms with Gasteiger partial charge in [-0.25, -0.2) is 4.79 Å². The van der Waals surface area contributed by atoms with E-state index in [9.17, 15) is 19.7 Å². The average molecular weight is 421 g/mol. The van der Waals surface area contributed by atoms with Gasteiger partial charge in [0.2, 0.25) is 5.91 Å². The Morgan fingerprint density at radius 2 is 1.87 bits per heavy atom. The van der Waals surface area contributed by atoms with E-state index in [1.54, 1.807) is 33.9 Å². The number of rotatable bonds is 7. The first-order valence-electron chi connectivity index (χ1n) is 10.1. The van der Waals surface area contributed by atoms with Crippen LogP contribution in [0.1, 0.15) is 45.7 Å². The highest BCUT2D eigenvalue weighted by atomic mass is 16.6. The number of hydrogen-bond acceptors (Lipinski definition) is 6. The van der Waals surface area contributed by atoms with Crippen molar-refractivity contribution in [3.8, 4) is 0 Å². The first-order chi connectivity index (χ1) is 13.9. The number of nitrogens with one attached hydrogen (secondary N) is 3. The van der Waals surface area contributed by atoms with E-state index in [0.717, 1.165) is 11.1 Å². The van der Waals surface area contributed by atoms with Crippen LogP contribution in [-0.4, -0.2) is 47.7 Å². The van der Waals surface area contributed by atoms with Crippen molar-refractivity contribution in [3.63, 3.8) is 0 Å². The Labute approximate surface area is 177 Å². The van der Waals surface area contributed by atoms with Crippen molar-refractivity contribution in [1.29, 1.82) is 0 Å². The predicted octanol–water partition coefficient (Wildman–Crippen LogP) is 2.32. The third-order valence-corrected chi connectivity index (χ3v) is 5.21. The lowest BCUT2D eigenvalue weighted by atomic mass is 9.93. The van der Waals surface area contributed by atoms with Crippen molar-refractivity contribution >= 4 is 17.7 Å². The maximum absolute atomic E-state index is 12.8. The molecule has 0 saturated heterocycles. The minimum atomic E-state index is -0.935. The van der Waals surface area contributed by atoms with Crippen LogP contribution in [0.4, 0.5) is 10.5 Å². The van der Waals surface area contributed by atoms with Gasteiger partial charge in [-0.1, -0.05) is 19.9 Å².